The molecule has 1 fully saturated rings. The summed E-state index contributed by atoms with van der Waals surface area (Å²) in [5.41, 5.74) is 0.782. The summed E-state index contributed by atoms with van der Waals surface area (Å²) in [6, 6.07) is 5.26. The van der Waals surface area contributed by atoms with Crippen LogP contribution in [0.15, 0.2) is 23.2 Å². The molecule has 1 saturated heterocycles. The zero-order chi connectivity index (χ0) is 13.1. The third kappa shape index (κ3) is 3.51. The molecule has 0 radical (unpaired) electrons. The molecule has 0 bridgehead atoms. The van der Waals surface area contributed by atoms with Crippen LogP contribution in [0.1, 0.15) is 0 Å². The highest BCUT2D eigenvalue weighted by Crippen LogP contribution is 2.25. The zero-order valence-electron chi connectivity index (χ0n) is 9.61. The molecule has 1 N–H and O–H groups in total. The molecule has 18 heavy (non-hydrogen) atoms. The SMILES string of the molecule is CN1CCSC1=NC(=S)Nc1ccc(Cl)c(Cl)c1. The second-order valence-corrected chi connectivity index (χ2v) is 5.99. The van der Waals surface area contributed by atoms with Crippen molar-refractivity contribution in [3.63, 3.8) is 0 Å². The number of nitrogens with zero attached hydrogens (tertiary/aromatic N) is 2. The van der Waals surface area contributed by atoms with Gasteiger partial charge in [0, 0.05) is 25.0 Å². The van der Waals surface area contributed by atoms with E-state index in [1.54, 1.807) is 23.9 Å². The van der Waals surface area contributed by atoms with Crippen molar-refractivity contribution in [2.24, 2.45) is 4.99 Å². The van der Waals surface area contributed by atoms with Crippen molar-refractivity contribution in [1.29, 1.82) is 0 Å². The molecule has 1 aliphatic rings. The van der Waals surface area contributed by atoms with Crippen LogP contribution in [0.3, 0.4) is 0 Å². The lowest BCUT2D eigenvalue weighted by Gasteiger charge is -2.11. The highest BCUT2D eigenvalue weighted by molar-refractivity contribution is 8.14. The van der Waals surface area contributed by atoms with E-state index in [-0.39, 0.29) is 0 Å². The Morgan fingerprint density at radius 1 is 1.44 bits per heavy atom. The highest BCUT2D eigenvalue weighted by atomic mass is 35.5. The molecular formula is C11H11Cl2N3S2. The Balaban J connectivity index is 2.05. The number of aliphatic imine (C=N–C) groups is 1. The van der Waals surface area contributed by atoms with E-state index in [9.17, 15) is 0 Å². The van der Waals surface area contributed by atoms with Gasteiger partial charge in [0.2, 0.25) is 0 Å². The van der Waals surface area contributed by atoms with Gasteiger partial charge in [0.15, 0.2) is 10.3 Å². The second kappa shape index (κ2) is 6.10. The van der Waals surface area contributed by atoms with E-state index < -0.39 is 0 Å². The van der Waals surface area contributed by atoms with Crippen molar-refractivity contribution < 1.29 is 0 Å². The standard InChI is InChI=1S/C11H11Cl2N3S2/c1-16-4-5-18-11(16)15-10(17)14-7-2-3-8(12)9(13)6-7/h2-3,6H,4-5H2,1H3,(H,14,17). The number of nitrogens with one attached hydrogen (secondary N) is 1. The topological polar surface area (TPSA) is 27.6 Å². The molecule has 1 aliphatic heterocycles. The molecule has 0 unspecified atom stereocenters. The summed E-state index contributed by atoms with van der Waals surface area (Å²) >= 11 is 18.7. The minimum absolute atomic E-state index is 0.421. The predicted molar refractivity (Wildman–Crippen MR) is 85.2 cm³/mol. The van der Waals surface area contributed by atoms with Crippen LogP contribution in [0, 0.1) is 0 Å². The Kier molecular flexibility index (Phi) is 4.72. The van der Waals surface area contributed by atoms with Gasteiger partial charge in [-0.25, -0.2) is 0 Å². The highest BCUT2D eigenvalue weighted by Gasteiger charge is 2.15. The molecule has 0 aliphatic carbocycles. The lowest BCUT2D eigenvalue weighted by atomic mass is 10.3. The lowest BCUT2D eigenvalue weighted by Crippen LogP contribution is -2.20. The maximum absolute atomic E-state index is 5.93. The van der Waals surface area contributed by atoms with E-state index >= 15 is 0 Å². The lowest BCUT2D eigenvalue weighted by molar-refractivity contribution is 0.564. The molecule has 0 atom stereocenters. The van der Waals surface area contributed by atoms with Gasteiger partial charge in [-0.1, -0.05) is 35.0 Å². The molecule has 2 rings (SSSR count). The zero-order valence-corrected chi connectivity index (χ0v) is 12.8. The summed E-state index contributed by atoms with van der Waals surface area (Å²) in [6.45, 7) is 0.999. The number of thioether (sulfide) groups is 1. The van der Waals surface area contributed by atoms with Crippen molar-refractivity contribution in [2.75, 3.05) is 24.7 Å². The quantitative estimate of drug-likeness (QED) is 0.798. The second-order valence-electron chi connectivity index (χ2n) is 3.72. The number of halogens is 2. The number of benzene rings is 1. The third-order valence-electron chi connectivity index (χ3n) is 2.35. The number of hydrogen-bond donors (Lipinski definition) is 1. The smallest absolute Gasteiger partial charge is 0.199 e. The molecule has 0 amide bonds. The molecular weight excluding hydrogens is 309 g/mol. The first-order valence-electron chi connectivity index (χ1n) is 5.25. The van der Waals surface area contributed by atoms with Crippen molar-refractivity contribution in [2.45, 2.75) is 0 Å². The van der Waals surface area contributed by atoms with Gasteiger partial charge in [-0.3, -0.25) is 0 Å². The average molecular weight is 320 g/mol. The van der Waals surface area contributed by atoms with E-state index in [0.29, 0.717) is 15.2 Å². The van der Waals surface area contributed by atoms with E-state index in [4.69, 9.17) is 35.4 Å². The Hall–Kier alpha value is -0.490. The number of rotatable bonds is 1. The minimum atomic E-state index is 0.421. The van der Waals surface area contributed by atoms with Crippen LogP contribution in [0.4, 0.5) is 5.69 Å². The molecule has 1 heterocycles. The molecule has 96 valence electrons. The van der Waals surface area contributed by atoms with Crippen molar-refractivity contribution in [1.82, 2.24) is 4.90 Å². The van der Waals surface area contributed by atoms with Crippen LogP contribution in [-0.4, -0.2) is 34.5 Å². The molecule has 3 nitrogen and oxygen atoms in total. The molecule has 7 heteroatoms. The van der Waals surface area contributed by atoms with Crippen molar-refractivity contribution in [3.05, 3.63) is 28.2 Å². The minimum Gasteiger partial charge on any atom is -0.353 e. The van der Waals surface area contributed by atoms with Gasteiger partial charge in [-0.15, -0.1) is 0 Å². The maximum Gasteiger partial charge on any atom is 0.199 e. The fourth-order valence-corrected chi connectivity index (χ4v) is 2.98. The summed E-state index contributed by atoms with van der Waals surface area (Å²) < 4.78 is 0. The van der Waals surface area contributed by atoms with E-state index in [1.807, 2.05) is 13.1 Å². The van der Waals surface area contributed by atoms with Gasteiger partial charge in [0.25, 0.3) is 0 Å². The van der Waals surface area contributed by atoms with Gasteiger partial charge in [0.1, 0.15) is 0 Å². The van der Waals surface area contributed by atoms with E-state index in [1.165, 1.54) is 0 Å². The van der Waals surface area contributed by atoms with Crippen LogP contribution < -0.4 is 5.32 Å². The van der Waals surface area contributed by atoms with Crippen molar-refractivity contribution in [3.8, 4) is 0 Å². The normalized spacial score (nSPS) is 17.3. The van der Waals surface area contributed by atoms with Crippen molar-refractivity contribution >= 4 is 63.1 Å². The predicted octanol–water partition coefficient (Wildman–Crippen LogP) is 3.72. The summed E-state index contributed by atoms with van der Waals surface area (Å²) in [7, 11) is 2.00. The molecule has 1 aromatic carbocycles. The summed E-state index contributed by atoms with van der Waals surface area (Å²) in [5.74, 6) is 1.05. The number of hydrogen-bond acceptors (Lipinski definition) is 2. The summed E-state index contributed by atoms with van der Waals surface area (Å²) in [5, 5.41) is 5.39. The Bertz CT molecular complexity index is 505. The van der Waals surface area contributed by atoms with Gasteiger partial charge in [-0.05, 0) is 30.4 Å². The first-order valence-corrected chi connectivity index (χ1v) is 7.40. The number of amidine groups is 1. The largest absolute Gasteiger partial charge is 0.353 e. The van der Waals surface area contributed by atoms with Crippen LogP contribution in [0.25, 0.3) is 0 Å². The van der Waals surface area contributed by atoms with E-state index in [0.717, 1.165) is 23.2 Å². The van der Waals surface area contributed by atoms with Crippen LogP contribution in [-0.2, 0) is 0 Å². The molecule has 0 saturated carbocycles. The fraction of sp³-hybridized carbons (Fsp3) is 0.273. The Morgan fingerprint density at radius 2 is 2.22 bits per heavy atom. The van der Waals surface area contributed by atoms with Gasteiger partial charge >= 0.3 is 0 Å². The maximum atomic E-state index is 5.93. The van der Waals surface area contributed by atoms with E-state index in [2.05, 4.69) is 15.2 Å². The molecule has 1 aromatic rings. The third-order valence-corrected chi connectivity index (χ3v) is 4.33. The molecule has 0 aromatic heterocycles. The average Bonchev–Trinajstić information content (AvgIpc) is 2.70. The Morgan fingerprint density at radius 3 is 2.83 bits per heavy atom. The fourth-order valence-electron chi connectivity index (χ4n) is 1.41. The summed E-state index contributed by atoms with van der Waals surface area (Å²) in [6.07, 6.45) is 0. The van der Waals surface area contributed by atoms with Crippen LogP contribution in [0.2, 0.25) is 10.0 Å². The number of thiocarbonyl (C=S) groups is 1. The number of anilines is 1. The summed E-state index contributed by atoms with van der Waals surface area (Å²) in [4.78, 5) is 6.43. The van der Waals surface area contributed by atoms with Gasteiger partial charge in [-0.2, -0.15) is 4.99 Å². The first-order chi connectivity index (χ1) is 8.56. The monoisotopic (exact) mass is 319 g/mol. The first kappa shape index (κ1) is 13.9. The van der Waals surface area contributed by atoms with Crippen LogP contribution >= 0.6 is 47.2 Å². The van der Waals surface area contributed by atoms with Crippen LogP contribution in [0.5, 0.6) is 0 Å². The van der Waals surface area contributed by atoms with Gasteiger partial charge < -0.3 is 10.2 Å². The van der Waals surface area contributed by atoms with Gasteiger partial charge in [0.05, 0.1) is 10.0 Å². The Labute approximate surface area is 126 Å². The molecule has 0 spiro atoms.